The number of likely N-dealkylation sites (tertiary alicyclic amines) is 1. The van der Waals surface area contributed by atoms with Crippen LogP contribution in [0.1, 0.15) is 31.7 Å². The minimum atomic E-state index is -0.131. The quantitative estimate of drug-likeness (QED) is 0.920. The lowest BCUT2D eigenvalue weighted by Crippen LogP contribution is -2.46. The topological polar surface area (TPSA) is 32.3 Å². The number of carbonyl (C=O) groups is 1. The first-order valence-electron chi connectivity index (χ1n) is 6.93. The molecule has 1 aliphatic heterocycles. The van der Waals surface area contributed by atoms with Gasteiger partial charge in [-0.3, -0.25) is 4.79 Å². The summed E-state index contributed by atoms with van der Waals surface area (Å²) in [5, 5.41) is 4.02. The van der Waals surface area contributed by atoms with Crippen LogP contribution >= 0.6 is 11.6 Å². The second kappa shape index (κ2) is 6.92. The summed E-state index contributed by atoms with van der Waals surface area (Å²) in [5.74, 6) is 0.216. The van der Waals surface area contributed by atoms with E-state index >= 15 is 0 Å². The highest BCUT2D eigenvalue weighted by molar-refractivity contribution is 6.30. The summed E-state index contributed by atoms with van der Waals surface area (Å²) < 4.78 is 0. The summed E-state index contributed by atoms with van der Waals surface area (Å²) in [6, 6.07) is 7.57. The van der Waals surface area contributed by atoms with Crippen molar-refractivity contribution in [2.24, 2.45) is 0 Å². The van der Waals surface area contributed by atoms with E-state index in [1.54, 1.807) is 0 Å². The summed E-state index contributed by atoms with van der Waals surface area (Å²) in [5.41, 5.74) is 1.14. The smallest absolute Gasteiger partial charge is 0.239 e. The number of nitrogens with zero attached hydrogens (tertiary/aromatic N) is 1. The van der Waals surface area contributed by atoms with Gasteiger partial charge in [0.15, 0.2) is 0 Å². The van der Waals surface area contributed by atoms with E-state index in [2.05, 4.69) is 5.32 Å². The Kier molecular flexibility index (Phi) is 5.23. The van der Waals surface area contributed by atoms with Crippen LogP contribution in [-0.2, 0) is 11.3 Å². The number of benzene rings is 1. The molecule has 1 amide bonds. The molecule has 1 atom stereocenters. The van der Waals surface area contributed by atoms with E-state index in [0.29, 0.717) is 6.54 Å². The van der Waals surface area contributed by atoms with Crippen LogP contribution in [0.3, 0.4) is 0 Å². The van der Waals surface area contributed by atoms with Crippen molar-refractivity contribution >= 4 is 17.5 Å². The summed E-state index contributed by atoms with van der Waals surface area (Å²) in [7, 11) is 0. The van der Waals surface area contributed by atoms with Gasteiger partial charge in [-0.15, -0.1) is 0 Å². The number of halogens is 1. The monoisotopic (exact) mass is 280 g/mol. The Morgan fingerprint density at radius 1 is 1.26 bits per heavy atom. The number of hydrogen-bond acceptors (Lipinski definition) is 2. The van der Waals surface area contributed by atoms with Crippen LogP contribution < -0.4 is 5.32 Å². The standard InChI is InChI=1S/C15H21ClN2O/c1-12(15(19)18-9-3-2-4-10-18)17-11-13-5-7-14(16)8-6-13/h5-8,12,17H,2-4,9-11H2,1H3. The lowest BCUT2D eigenvalue weighted by atomic mass is 10.1. The molecule has 0 bridgehead atoms. The van der Waals surface area contributed by atoms with Crippen molar-refractivity contribution in [2.75, 3.05) is 13.1 Å². The first-order chi connectivity index (χ1) is 9.16. The van der Waals surface area contributed by atoms with Crippen LogP contribution in [0.15, 0.2) is 24.3 Å². The van der Waals surface area contributed by atoms with Crippen LogP contribution in [-0.4, -0.2) is 29.9 Å². The van der Waals surface area contributed by atoms with Crippen molar-refractivity contribution in [2.45, 2.75) is 38.8 Å². The third-order valence-corrected chi connectivity index (χ3v) is 3.82. The molecule has 3 nitrogen and oxygen atoms in total. The average Bonchev–Trinajstić information content (AvgIpc) is 2.46. The number of rotatable bonds is 4. The van der Waals surface area contributed by atoms with Crippen molar-refractivity contribution < 1.29 is 4.79 Å². The lowest BCUT2D eigenvalue weighted by molar-refractivity contribution is -0.133. The average molecular weight is 281 g/mol. The summed E-state index contributed by atoms with van der Waals surface area (Å²) in [6.45, 7) is 4.45. The number of piperidine rings is 1. The van der Waals surface area contributed by atoms with E-state index in [1.165, 1.54) is 6.42 Å². The van der Waals surface area contributed by atoms with Crippen molar-refractivity contribution in [3.05, 3.63) is 34.9 Å². The van der Waals surface area contributed by atoms with Crippen LogP contribution in [0.2, 0.25) is 5.02 Å². The first kappa shape index (κ1) is 14.4. The molecule has 2 rings (SSSR count). The van der Waals surface area contributed by atoms with Crippen molar-refractivity contribution in [3.63, 3.8) is 0 Å². The molecule has 1 N–H and O–H groups in total. The molecular formula is C15H21ClN2O. The Hall–Kier alpha value is -1.06. The molecule has 1 saturated heterocycles. The maximum Gasteiger partial charge on any atom is 0.239 e. The van der Waals surface area contributed by atoms with Gasteiger partial charge in [-0.2, -0.15) is 0 Å². The maximum atomic E-state index is 12.2. The zero-order valence-electron chi connectivity index (χ0n) is 11.4. The SMILES string of the molecule is CC(NCc1ccc(Cl)cc1)C(=O)N1CCCCC1. The molecule has 1 aromatic rings. The second-order valence-corrected chi connectivity index (χ2v) is 5.55. The maximum absolute atomic E-state index is 12.2. The molecule has 1 fully saturated rings. The zero-order chi connectivity index (χ0) is 13.7. The third kappa shape index (κ3) is 4.22. The fraction of sp³-hybridized carbons (Fsp3) is 0.533. The van der Waals surface area contributed by atoms with Crippen LogP contribution in [0.5, 0.6) is 0 Å². The number of hydrogen-bond donors (Lipinski definition) is 1. The molecule has 19 heavy (non-hydrogen) atoms. The van der Waals surface area contributed by atoms with Gasteiger partial charge < -0.3 is 10.2 Å². The van der Waals surface area contributed by atoms with Crippen LogP contribution in [0, 0.1) is 0 Å². The molecule has 0 saturated carbocycles. The molecule has 0 aromatic heterocycles. The molecule has 1 aromatic carbocycles. The summed E-state index contributed by atoms with van der Waals surface area (Å²) >= 11 is 5.85. The van der Waals surface area contributed by atoms with Gasteiger partial charge in [0.2, 0.25) is 5.91 Å². The van der Waals surface area contributed by atoms with Gasteiger partial charge in [0.1, 0.15) is 0 Å². The third-order valence-electron chi connectivity index (χ3n) is 3.56. The van der Waals surface area contributed by atoms with Gasteiger partial charge in [0.25, 0.3) is 0 Å². The highest BCUT2D eigenvalue weighted by atomic mass is 35.5. The predicted octanol–water partition coefficient (Wildman–Crippen LogP) is 2.83. The fourth-order valence-corrected chi connectivity index (χ4v) is 2.47. The Morgan fingerprint density at radius 3 is 2.53 bits per heavy atom. The van der Waals surface area contributed by atoms with E-state index in [9.17, 15) is 4.79 Å². The molecule has 0 radical (unpaired) electrons. The number of amides is 1. The van der Waals surface area contributed by atoms with E-state index < -0.39 is 0 Å². The van der Waals surface area contributed by atoms with Gasteiger partial charge in [-0.25, -0.2) is 0 Å². The van der Waals surface area contributed by atoms with Gasteiger partial charge in [-0.05, 0) is 43.9 Å². The fourth-order valence-electron chi connectivity index (χ4n) is 2.35. The molecule has 0 aliphatic carbocycles. The Morgan fingerprint density at radius 2 is 1.89 bits per heavy atom. The highest BCUT2D eigenvalue weighted by Crippen LogP contribution is 2.11. The Bertz CT molecular complexity index is 413. The molecule has 104 valence electrons. The van der Waals surface area contributed by atoms with E-state index in [0.717, 1.165) is 36.5 Å². The van der Waals surface area contributed by atoms with Gasteiger partial charge in [0, 0.05) is 24.7 Å². The zero-order valence-corrected chi connectivity index (χ0v) is 12.1. The Balaban J connectivity index is 1.81. The molecule has 4 heteroatoms. The van der Waals surface area contributed by atoms with Crippen LogP contribution in [0.4, 0.5) is 0 Å². The largest absolute Gasteiger partial charge is 0.341 e. The molecular weight excluding hydrogens is 260 g/mol. The Labute approximate surface area is 119 Å². The predicted molar refractivity (Wildman–Crippen MR) is 78.2 cm³/mol. The van der Waals surface area contributed by atoms with Crippen LogP contribution in [0.25, 0.3) is 0 Å². The number of nitrogens with one attached hydrogen (secondary N) is 1. The van der Waals surface area contributed by atoms with Gasteiger partial charge in [-0.1, -0.05) is 23.7 Å². The summed E-state index contributed by atoms with van der Waals surface area (Å²) in [4.78, 5) is 14.2. The van der Waals surface area contributed by atoms with Crippen molar-refractivity contribution in [1.82, 2.24) is 10.2 Å². The molecule has 0 spiro atoms. The molecule has 1 aliphatic rings. The van der Waals surface area contributed by atoms with E-state index in [-0.39, 0.29) is 11.9 Å². The minimum absolute atomic E-state index is 0.131. The first-order valence-corrected chi connectivity index (χ1v) is 7.31. The number of carbonyl (C=O) groups excluding carboxylic acids is 1. The highest BCUT2D eigenvalue weighted by Gasteiger charge is 2.21. The van der Waals surface area contributed by atoms with Crippen molar-refractivity contribution in [3.8, 4) is 0 Å². The molecule has 1 heterocycles. The van der Waals surface area contributed by atoms with Gasteiger partial charge in [0.05, 0.1) is 6.04 Å². The van der Waals surface area contributed by atoms with E-state index in [4.69, 9.17) is 11.6 Å². The molecule has 1 unspecified atom stereocenters. The normalized spacial score (nSPS) is 17.3. The lowest BCUT2D eigenvalue weighted by Gasteiger charge is -2.29. The summed E-state index contributed by atoms with van der Waals surface area (Å²) in [6.07, 6.45) is 3.52. The van der Waals surface area contributed by atoms with E-state index in [1.807, 2.05) is 36.1 Å². The second-order valence-electron chi connectivity index (χ2n) is 5.12. The van der Waals surface area contributed by atoms with Crippen molar-refractivity contribution in [1.29, 1.82) is 0 Å². The minimum Gasteiger partial charge on any atom is -0.341 e. The van der Waals surface area contributed by atoms with Gasteiger partial charge >= 0.3 is 0 Å².